The van der Waals surface area contributed by atoms with E-state index in [1.165, 1.54) is 23.0 Å². The maximum Gasteiger partial charge on any atom is 0.282 e. The minimum absolute atomic E-state index is 0.154. The van der Waals surface area contributed by atoms with Crippen LogP contribution >= 0.6 is 11.6 Å². The Morgan fingerprint density at radius 3 is 2.89 bits per heavy atom. The number of fused-ring (bicyclic) bond motifs is 1. The highest BCUT2D eigenvalue weighted by Crippen LogP contribution is 2.20. The van der Waals surface area contributed by atoms with E-state index in [0.29, 0.717) is 0 Å². The van der Waals surface area contributed by atoms with Gasteiger partial charge < -0.3 is 5.84 Å². The SMILES string of the molecule is Nn1cnc2c(cnn2-c2ccc(Cl)cc2F)c1=O. The van der Waals surface area contributed by atoms with Gasteiger partial charge in [0, 0.05) is 5.02 Å². The van der Waals surface area contributed by atoms with Gasteiger partial charge >= 0.3 is 0 Å². The zero-order chi connectivity index (χ0) is 13.6. The third-order valence-corrected chi connectivity index (χ3v) is 2.89. The van der Waals surface area contributed by atoms with Crippen molar-refractivity contribution in [1.82, 2.24) is 19.4 Å². The van der Waals surface area contributed by atoms with Gasteiger partial charge in [-0.05, 0) is 18.2 Å². The molecule has 1 aromatic carbocycles. The van der Waals surface area contributed by atoms with E-state index >= 15 is 0 Å². The molecule has 3 rings (SSSR count). The molecule has 96 valence electrons. The Morgan fingerprint density at radius 2 is 2.16 bits per heavy atom. The number of benzene rings is 1. The first kappa shape index (κ1) is 11.7. The molecule has 0 aliphatic rings. The molecule has 6 nitrogen and oxygen atoms in total. The summed E-state index contributed by atoms with van der Waals surface area (Å²) in [5.74, 6) is 4.84. The summed E-state index contributed by atoms with van der Waals surface area (Å²) in [5, 5.41) is 4.44. The minimum Gasteiger partial charge on any atom is -0.335 e. The fourth-order valence-corrected chi connectivity index (χ4v) is 1.91. The Labute approximate surface area is 110 Å². The number of hydrogen-bond acceptors (Lipinski definition) is 4. The van der Waals surface area contributed by atoms with Gasteiger partial charge in [0.25, 0.3) is 5.56 Å². The molecule has 2 heterocycles. The van der Waals surface area contributed by atoms with Crippen LogP contribution in [0.15, 0.2) is 35.5 Å². The van der Waals surface area contributed by atoms with Gasteiger partial charge in [-0.15, -0.1) is 0 Å². The van der Waals surface area contributed by atoms with Gasteiger partial charge in [-0.1, -0.05) is 11.6 Å². The Balaban J connectivity index is 2.32. The van der Waals surface area contributed by atoms with Crippen molar-refractivity contribution in [3.05, 3.63) is 51.9 Å². The second kappa shape index (κ2) is 4.06. The monoisotopic (exact) mass is 279 g/mol. The molecule has 0 spiro atoms. The lowest BCUT2D eigenvalue weighted by Gasteiger charge is -2.04. The lowest BCUT2D eigenvalue weighted by Crippen LogP contribution is -2.27. The summed E-state index contributed by atoms with van der Waals surface area (Å²) in [4.78, 5) is 15.7. The van der Waals surface area contributed by atoms with E-state index < -0.39 is 11.4 Å². The summed E-state index contributed by atoms with van der Waals surface area (Å²) in [6, 6.07) is 4.14. The molecule has 0 bridgehead atoms. The van der Waals surface area contributed by atoms with Crippen molar-refractivity contribution in [3.8, 4) is 5.69 Å². The van der Waals surface area contributed by atoms with Crippen LogP contribution in [0.3, 0.4) is 0 Å². The van der Waals surface area contributed by atoms with Crippen molar-refractivity contribution in [2.45, 2.75) is 0 Å². The maximum absolute atomic E-state index is 13.8. The van der Waals surface area contributed by atoms with Crippen molar-refractivity contribution in [3.63, 3.8) is 0 Å². The third-order valence-electron chi connectivity index (χ3n) is 2.65. The predicted octanol–water partition coefficient (Wildman–Crippen LogP) is 1.09. The molecular weight excluding hydrogens is 273 g/mol. The van der Waals surface area contributed by atoms with Gasteiger partial charge in [-0.2, -0.15) is 5.10 Å². The highest BCUT2D eigenvalue weighted by atomic mass is 35.5. The van der Waals surface area contributed by atoms with Gasteiger partial charge in [0.1, 0.15) is 23.2 Å². The zero-order valence-corrected chi connectivity index (χ0v) is 10.2. The Hall–Kier alpha value is -2.41. The van der Waals surface area contributed by atoms with Crippen LogP contribution in [0.2, 0.25) is 5.02 Å². The van der Waals surface area contributed by atoms with Crippen LogP contribution in [-0.4, -0.2) is 19.4 Å². The Morgan fingerprint density at radius 1 is 1.37 bits per heavy atom. The van der Waals surface area contributed by atoms with Crippen molar-refractivity contribution in [2.75, 3.05) is 5.84 Å². The standard InChI is InChI=1S/C11H7ClFN5O/c12-6-1-2-9(8(13)3-6)18-10-7(4-16-18)11(19)17(14)5-15-10/h1-5H,14H2. The molecule has 19 heavy (non-hydrogen) atoms. The lowest BCUT2D eigenvalue weighted by atomic mass is 10.3. The van der Waals surface area contributed by atoms with Crippen LogP contribution in [0.4, 0.5) is 4.39 Å². The average Bonchev–Trinajstić information content (AvgIpc) is 2.78. The van der Waals surface area contributed by atoms with Crippen LogP contribution in [0, 0.1) is 5.82 Å². The van der Waals surface area contributed by atoms with Gasteiger partial charge in [0.05, 0.1) is 6.20 Å². The second-order valence-corrected chi connectivity index (χ2v) is 4.28. The van der Waals surface area contributed by atoms with Gasteiger partial charge in [0.15, 0.2) is 5.65 Å². The fourth-order valence-electron chi connectivity index (χ4n) is 1.75. The number of hydrogen-bond donors (Lipinski definition) is 1. The molecule has 0 atom stereocenters. The molecule has 3 aromatic rings. The molecule has 2 aromatic heterocycles. The average molecular weight is 280 g/mol. The number of nitrogens with two attached hydrogens (primary N) is 1. The van der Waals surface area contributed by atoms with Gasteiger partial charge in [-0.3, -0.25) is 4.79 Å². The van der Waals surface area contributed by atoms with Gasteiger partial charge in [0.2, 0.25) is 0 Å². The molecule has 0 radical (unpaired) electrons. The van der Waals surface area contributed by atoms with E-state index in [1.54, 1.807) is 0 Å². The summed E-state index contributed by atoms with van der Waals surface area (Å²) in [6.07, 6.45) is 2.44. The van der Waals surface area contributed by atoms with E-state index in [9.17, 15) is 9.18 Å². The Kier molecular flexibility index (Phi) is 2.49. The first-order valence-corrected chi connectivity index (χ1v) is 5.61. The molecule has 0 fully saturated rings. The van der Waals surface area contributed by atoms with Crippen LogP contribution in [0.5, 0.6) is 0 Å². The summed E-state index contributed by atoms with van der Waals surface area (Å²) >= 11 is 5.69. The number of nitrogen functional groups attached to an aromatic ring is 1. The molecule has 0 aliphatic heterocycles. The van der Waals surface area contributed by atoms with Crippen LogP contribution in [0.1, 0.15) is 0 Å². The van der Waals surface area contributed by atoms with Crippen molar-refractivity contribution < 1.29 is 4.39 Å². The first-order valence-electron chi connectivity index (χ1n) is 5.24. The molecule has 0 amide bonds. The molecule has 0 saturated carbocycles. The van der Waals surface area contributed by atoms with Gasteiger partial charge in [-0.25, -0.2) is 18.7 Å². The molecular formula is C11H7ClFN5O. The number of aromatic nitrogens is 4. The summed E-state index contributed by atoms with van der Waals surface area (Å²) in [5.41, 5.74) is -0.0698. The smallest absolute Gasteiger partial charge is 0.282 e. The number of halogens is 2. The summed E-state index contributed by atoms with van der Waals surface area (Å²) in [6.45, 7) is 0. The highest BCUT2D eigenvalue weighted by molar-refractivity contribution is 6.30. The number of nitrogens with zero attached hydrogens (tertiary/aromatic N) is 4. The highest BCUT2D eigenvalue weighted by Gasteiger charge is 2.13. The molecule has 0 unspecified atom stereocenters. The van der Waals surface area contributed by atoms with Crippen molar-refractivity contribution in [2.24, 2.45) is 0 Å². The topological polar surface area (TPSA) is 78.7 Å². The van der Waals surface area contributed by atoms with E-state index in [2.05, 4.69) is 10.1 Å². The first-order chi connectivity index (χ1) is 9.08. The van der Waals surface area contributed by atoms with E-state index in [-0.39, 0.29) is 21.7 Å². The third kappa shape index (κ3) is 1.75. The quantitative estimate of drug-likeness (QED) is 0.676. The fraction of sp³-hybridized carbons (Fsp3) is 0. The summed E-state index contributed by atoms with van der Waals surface area (Å²) < 4.78 is 15.9. The Bertz CT molecular complexity index is 841. The van der Waals surface area contributed by atoms with E-state index in [1.807, 2.05) is 0 Å². The maximum atomic E-state index is 13.8. The largest absolute Gasteiger partial charge is 0.335 e. The van der Waals surface area contributed by atoms with Crippen molar-refractivity contribution in [1.29, 1.82) is 0 Å². The van der Waals surface area contributed by atoms with Crippen LogP contribution in [0.25, 0.3) is 16.7 Å². The lowest BCUT2D eigenvalue weighted by molar-refractivity contribution is 0.612. The molecule has 0 aliphatic carbocycles. The van der Waals surface area contributed by atoms with E-state index in [0.717, 1.165) is 17.1 Å². The second-order valence-electron chi connectivity index (χ2n) is 3.85. The molecule has 8 heteroatoms. The van der Waals surface area contributed by atoms with Crippen LogP contribution < -0.4 is 11.4 Å². The molecule has 2 N–H and O–H groups in total. The summed E-state index contributed by atoms with van der Waals surface area (Å²) in [7, 11) is 0. The normalized spacial score (nSPS) is 11.1. The zero-order valence-electron chi connectivity index (χ0n) is 9.42. The van der Waals surface area contributed by atoms with Crippen molar-refractivity contribution >= 4 is 22.6 Å². The van der Waals surface area contributed by atoms with Crippen LogP contribution in [-0.2, 0) is 0 Å². The van der Waals surface area contributed by atoms with E-state index in [4.69, 9.17) is 17.4 Å². The predicted molar refractivity (Wildman–Crippen MR) is 68.2 cm³/mol. The minimum atomic E-state index is -0.559. The molecule has 0 saturated heterocycles. The number of rotatable bonds is 1.